The van der Waals surface area contributed by atoms with E-state index in [1.165, 1.54) is 30.3 Å². The van der Waals surface area contributed by atoms with E-state index in [-0.39, 0.29) is 23.0 Å². The predicted molar refractivity (Wildman–Crippen MR) is 101 cm³/mol. The van der Waals surface area contributed by atoms with E-state index in [0.29, 0.717) is 18.7 Å². The van der Waals surface area contributed by atoms with Gasteiger partial charge in [-0.1, -0.05) is 12.8 Å². The van der Waals surface area contributed by atoms with Crippen LogP contribution in [-0.4, -0.2) is 51.4 Å². The summed E-state index contributed by atoms with van der Waals surface area (Å²) in [5, 5.41) is 10.2. The van der Waals surface area contributed by atoms with Gasteiger partial charge in [-0.15, -0.1) is 0 Å². The third kappa shape index (κ3) is 4.54. The molecule has 2 aliphatic rings. The number of thioether (sulfide) groups is 1. The smallest absolute Gasteiger partial charge is 0.294 e. The molecule has 142 valence electrons. The van der Waals surface area contributed by atoms with E-state index >= 15 is 0 Å². The Morgan fingerprint density at radius 1 is 1.11 bits per heavy atom. The monoisotopic (exact) mass is 389 g/mol. The molecule has 9 heteroatoms. The van der Waals surface area contributed by atoms with E-state index in [1.54, 1.807) is 4.90 Å². The summed E-state index contributed by atoms with van der Waals surface area (Å²) in [7, 11) is 0. The first kappa shape index (κ1) is 19.1. The number of hydrogen-bond donors (Lipinski definition) is 0. The van der Waals surface area contributed by atoms with Crippen molar-refractivity contribution in [1.82, 2.24) is 9.80 Å². The molecule has 0 N–H and O–H groups in total. The number of likely N-dealkylation sites (tertiary alicyclic amines) is 1. The van der Waals surface area contributed by atoms with Gasteiger partial charge in [0.25, 0.3) is 16.8 Å². The third-order valence-corrected chi connectivity index (χ3v) is 5.43. The molecule has 2 saturated heterocycles. The van der Waals surface area contributed by atoms with Crippen molar-refractivity contribution in [2.75, 3.05) is 19.6 Å². The highest BCUT2D eigenvalue weighted by Gasteiger charge is 2.37. The second-order valence-electron chi connectivity index (χ2n) is 6.41. The van der Waals surface area contributed by atoms with E-state index in [9.17, 15) is 24.5 Å². The van der Waals surface area contributed by atoms with Crippen LogP contribution in [0, 0.1) is 10.1 Å². The molecule has 8 nitrogen and oxygen atoms in total. The minimum absolute atomic E-state index is 0.0525. The summed E-state index contributed by atoms with van der Waals surface area (Å²) in [4.78, 5) is 50.2. The fraction of sp³-hybridized carbons (Fsp3) is 0.389. The Labute approximate surface area is 160 Å². The lowest BCUT2D eigenvalue weighted by Crippen LogP contribution is -2.42. The van der Waals surface area contributed by atoms with E-state index in [2.05, 4.69) is 0 Å². The summed E-state index contributed by atoms with van der Waals surface area (Å²) < 4.78 is 0. The molecule has 0 aliphatic carbocycles. The Kier molecular flexibility index (Phi) is 5.90. The van der Waals surface area contributed by atoms with Crippen molar-refractivity contribution in [2.45, 2.75) is 25.7 Å². The summed E-state index contributed by atoms with van der Waals surface area (Å²) in [6.07, 6.45) is 5.55. The van der Waals surface area contributed by atoms with Crippen molar-refractivity contribution >= 4 is 40.6 Å². The Morgan fingerprint density at radius 3 is 2.33 bits per heavy atom. The highest BCUT2D eigenvalue weighted by atomic mass is 32.2. The standard InChI is InChI=1S/C18H19N3O5S/c22-16(19-9-3-1-2-4-10-19)12-20-17(23)15(27-18(20)24)11-13-5-7-14(8-6-13)21(25)26/h5-8,11H,1-4,9-10,12H2/b15-11-. The van der Waals surface area contributed by atoms with Gasteiger partial charge < -0.3 is 4.90 Å². The van der Waals surface area contributed by atoms with E-state index < -0.39 is 16.1 Å². The Morgan fingerprint density at radius 2 is 1.74 bits per heavy atom. The molecule has 2 aliphatic heterocycles. The Hall–Kier alpha value is -2.68. The molecular formula is C18H19N3O5S. The van der Waals surface area contributed by atoms with Crippen LogP contribution in [0.2, 0.25) is 0 Å². The molecule has 2 fully saturated rings. The summed E-state index contributed by atoms with van der Waals surface area (Å²) in [5.74, 6) is -0.720. The van der Waals surface area contributed by atoms with E-state index in [1.807, 2.05) is 0 Å². The first-order chi connectivity index (χ1) is 13.0. The van der Waals surface area contributed by atoms with Gasteiger partial charge in [-0.2, -0.15) is 0 Å². The molecule has 0 radical (unpaired) electrons. The quantitative estimate of drug-likeness (QED) is 0.446. The molecule has 3 rings (SSSR count). The molecule has 1 aromatic rings. The number of nitro benzene ring substituents is 1. The highest BCUT2D eigenvalue weighted by molar-refractivity contribution is 8.18. The van der Waals surface area contributed by atoms with Gasteiger partial charge in [-0.3, -0.25) is 29.4 Å². The molecule has 0 spiro atoms. The van der Waals surface area contributed by atoms with Crippen molar-refractivity contribution in [3.8, 4) is 0 Å². The van der Waals surface area contributed by atoms with Gasteiger partial charge in [0.15, 0.2) is 0 Å². The minimum atomic E-state index is -0.508. The zero-order valence-electron chi connectivity index (χ0n) is 14.6. The summed E-state index contributed by atoms with van der Waals surface area (Å²) >= 11 is 0.774. The van der Waals surface area contributed by atoms with Crippen LogP contribution in [0.5, 0.6) is 0 Å². The topological polar surface area (TPSA) is 101 Å². The van der Waals surface area contributed by atoms with Gasteiger partial charge >= 0.3 is 0 Å². The van der Waals surface area contributed by atoms with Crippen LogP contribution >= 0.6 is 11.8 Å². The molecule has 3 amide bonds. The summed E-state index contributed by atoms with van der Waals surface area (Å²) in [6, 6.07) is 5.68. The number of carbonyl (C=O) groups is 3. The average Bonchev–Trinajstić information content (AvgIpc) is 2.86. The van der Waals surface area contributed by atoms with E-state index in [4.69, 9.17) is 0 Å². The van der Waals surface area contributed by atoms with Crippen LogP contribution in [0.1, 0.15) is 31.2 Å². The number of hydrogen-bond acceptors (Lipinski definition) is 6. The molecule has 0 saturated carbocycles. The van der Waals surface area contributed by atoms with Crippen LogP contribution < -0.4 is 0 Å². The van der Waals surface area contributed by atoms with Crippen molar-refractivity contribution in [3.05, 3.63) is 44.8 Å². The van der Waals surface area contributed by atoms with Gasteiger partial charge in [0.05, 0.1) is 9.83 Å². The van der Waals surface area contributed by atoms with Gasteiger partial charge in [0.1, 0.15) is 6.54 Å². The first-order valence-electron chi connectivity index (χ1n) is 8.73. The number of imide groups is 1. The predicted octanol–water partition coefficient (Wildman–Crippen LogP) is 3.03. The average molecular weight is 389 g/mol. The van der Waals surface area contributed by atoms with Crippen LogP contribution in [0.25, 0.3) is 6.08 Å². The van der Waals surface area contributed by atoms with Gasteiger partial charge in [0, 0.05) is 25.2 Å². The highest BCUT2D eigenvalue weighted by Crippen LogP contribution is 2.32. The maximum atomic E-state index is 12.5. The Bertz CT molecular complexity index is 798. The molecule has 27 heavy (non-hydrogen) atoms. The normalized spacial score (nSPS) is 19.5. The largest absolute Gasteiger partial charge is 0.341 e. The van der Waals surface area contributed by atoms with Crippen LogP contribution in [0.4, 0.5) is 10.5 Å². The second-order valence-corrected chi connectivity index (χ2v) is 7.40. The summed E-state index contributed by atoms with van der Waals surface area (Å²) in [6.45, 7) is 1.07. The lowest BCUT2D eigenvalue weighted by Gasteiger charge is -2.22. The number of non-ortho nitro benzene ring substituents is 1. The molecule has 0 bridgehead atoms. The number of nitro groups is 1. The zero-order valence-corrected chi connectivity index (χ0v) is 15.4. The SMILES string of the molecule is O=C(CN1C(=O)S/C(=C\c2ccc([N+](=O)[O-])cc2)C1=O)N1CCCCCC1. The van der Waals surface area contributed by atoms with Crippen molar-refractivity contribution in [1.29, 1.82) is 0 Å². The number of benzene rings is 1. The molecule has 0 unspecified atom stereocenters. The second kappa shape index (κ2) is 8.34. The third-order valence-electron chi connectivity index (χ3n) is 4.53. The molecule has 0 aromatic heterocycles. The van der Waals surface area contributed by atoms with Gasteiger partial charge in [0.2, 0.25) is 5.91 Å². The zero-order chi connectivity index (χ0) is 19.4. The molecule has 1 aromatic carbocycles. The van der Waals surface area contributed by atoms with Crippen LogP contribution in [0.3, 0.4) is 0 Å². The number of carbonyl (C=O) groups excluding carboxylic acids is 3. The number of amides is 3. The fourth-order valence-corrected chi connectivity index (χ4v) is 3.87. The van der Waals surface area contributed by atoms with Crippen molar-refractivity contribution in [3.63, 3.8) is 0 Å². The maximum Gasteiger partial charge on any atom is 0.294 e. The maximum absolute atomic E-state index is 12.5. The van der Waals surface area contributed by atoms with Crippen LogP contribution in [-0.2, 0) is 9.59 Å². The number of rotatable bonds is 4. The number of nitrogens with zero attached hydrogens (tertiary/aromatic N) is 3. The van der Waals surface area contributed by atoms with Crippen molar-refractivity contribution in [2.24, 2.45) is 0 Å². The van der Waals surface area contributed by atoms with Crippen molar-refractivity contribution < 1.29 is 19.3 Å². The fourth-order valence-electron chi connectivity index (χ4n) is 3.04. The molecule has 0 atom stereocenters. The minimum Gasteiger partial charge on any atom is -0.341 e. The van der Waals surface area contributed by atoms with Crippen LogP contribution in [0.15, 0.2) is 29.2 Å². The lowest BCUT2D eigenvalue weighted by molar-refractivity contribution is -0.384. The molecular weight excluding hydrogens is 370 g/mol. The first-order valence-corrected chi connectivity index (χ1v) is 9.55. The van der Waals surface area contributed by atoms with E-state index in [0.717, 1.165) is 42.3 Å². The Balaban J connectivity index is 1.68. The lowest BCUT2D eigenvalue weighted by atomic mass is 10.2. The van der Waals surface area contributed by atoms with Gasteiger partial charge in [-0.05, 0) is 48.4 Å². The molecule has 2 heterocycles. The summed E-state index contributed by atoms with van der Waals surface area (Å²) in [5.41, 5.74) is 0.522. The van der Waals surface area contributed by atoms with Gasteiger partial charge in [-0.25, -0.2) is 0 Å².